The molecule has 0 spiro atoms. The minimum Gasteiger partial charge on any atom is -0.381 e. The van der Waals surface area contributed by atoms with Gasteiger partial charge in [-0.1, -0.05) is 0 Å². The van der Waals surface area contributed by atoms with E-state index in [0.29, 0.717) is 32.9 Å². The molecular formula is C13H22N2O4. The lowest BCUT2D eigenvalue weighted by atomic mass is 10.0. The summed E-state index contributed by atoms with van der Waals surface area (Å²) in [6.07, 6.45) is 1.66. The second kappa shape index (κ2) is 5.88. The Morgan fingerprint density at radius 1 is 1.26 bits per heavy atom. The molecule has 0 aromatic rings. The standard InChI is InChI=1S/C13H22N2O4/c1-10(16)15-5-8-19-13(2,9-15)12(17)14-11-3-6-18-7-4-11/h11H,3-9H2,1-2H3,(H,14,17)/t13-/m1/s1. The second-order valence-electron chi connectivity index (χ2n) is 5.38. The van der Waals surface area contributed by atoms with Crippen molar-refractivity contribution in [2.24, 2.45) is 0 Å². The van der Waals surface area contributed by atoms with Crippen molar-refractivity contribution in [1.29, 1.82) is 0 Å². The summed E-state index contributed by atoms with van der Waals surface area (Å²) in [5.74, 6) is -0.154. The summed E-state index contributed by atoms with van der Waals surface area (Å²) in [4.78, 5) is 25.4. The molecule has 0 bridgehead atoms. The normalized spacial score (nSPS) is 29.1. The lowest BCUT2D eigenvalue weighted by molar-refractivity contribution is -0.162. The van der Waals surface area contributed by atoms with Gasteiger partial charge in [0.25, 0.3) is 5.91 Å². The summed E-state index contributed by atoms with van der Waals surface area (Å²) in [5.41, 5.74) is -0.942. The number of carbonyl (C=O) groups is 2. The van der Waals surface area contributed by atoms with Gasteiger partial charge >= 0.3 is 0 Å². The molecule has 6 heteroatoms. The van der Waals surface area contributed by atoms with Crippen molar-refractivity contribution in [3.05, 3.63) is 0 Å². The maximum atomic E-state index is 12.3. The van der Waals surface area contributed by atoms with Gasteiger partial charge in [-0.25, -0.2) is 0 Å². The maximum Gasteiger partial charge on any atom is 0.254 e. The lowest BCUT2D eigenvalue weighted by Crippen LogP contribution is -2.60. The zero-order valence-corrected chi connectivity index (χ0v) is 11.6. The fourth-order valence-electron chi connectivity index (χ4n) is 2.46. The van der Waals surface area contributed by atoms with E-state index in [1.54, 1.807) is 11.8 Å². The van der Waals surface area contributed by atoms with E-state index in [1.165, 1.54) is 6.92 Å². The molecule has 0 aromatic heterocycles. The molecular weight excluding hydrogens is 248 g/mol. The smallest absolute Gasteiger partial charge is 0.254 e. The molecule has 2 amide bonds. The van der Waals surface area contributed by atoms with Crippen LogP contribution in [0, 0.1) is 0 Å². The number of rotatable bonds is 2. The van der Waals surface area contributed by atoms with Crippen molar-refractivity contribution in [1.82, 2.24) is 10.2 Å². The molecule has 0 unspecified atom stereocenters. The van der Waals surface area contributed by atoms with Crippen molar-refractivity contribution in [3.8, 4) is 0 Å². The van der Waals surface area contributed by atoms with E-state index in [9.17, 15) is 9.59 Å². The van der Waals surface area contributed by atoms with Crippen LogP contribution in [0.5, 0.6) is 0 Å². The minimum absolute atomic E-state index is 0.0200. The van der Waals surface area contributed by atoms with E-state index in [-0.39, 0.29) is 17.9 Å². The average molecular weight is 270 g/mol. The van der Waals surface area contributed by atoms with Crippen molar-refractivity contribution in [3.63, 3.8) is 0 Å². The minimum atomic E-state index is -0.942. The Labute approximate surface area is 113 Å². The third kappa shape index (κ3) is 3.45. The molecule has 0 radical (unpaired) electrons. The van der Waals surface area contributed by atoms with Gasteiger partial charge in [-0.15, -0.1) is 0 Å². The Morgan fingerprint density at radius 3 is 2.58 bits per heavy atom. The van der Waals surface area contributed by atoms with Crippen LogP contribution in [0.1, 0.15) is 26.7 Å². The number of hydrogen-bond acceptors (Lipinski definition) is 4. The molecule has 2 saturated heterocycles. The Kier molecular flexibility index (Phi) is 4.42. The van der Waals surface area contributed by atoms with Crippen LogP contribution in [-0.4, -0.2) is 61.3 Å². The fourth-order valence-corrected chi connectivity index (χ4v) is 2.46. The average Bonchev–Trinajstić information content (AvgIpc) is 2.40. The summed E-state index contributed by atoms with van der Waals surface area (Å²) in [6.45, 7) is 5.90. The van der Waals surface area contributed by atoms with Crippen LogP contribution in [0.3, 0.4) is 0 Å². The topological polar surface area (TPSA) is 67.9 Å². The van der Waals surface area contributed by atoms with Crippen LogP contribution < -0.4 is 5.32 Å². The zero-order chi connectivity index (χ0) is 13.9. The molecule has 19 heavy (non-hydrogen) atoms. The predicted molar refractivity (Wildman–Crippen MR) is 68.6 cm³/mol. The molecule has 0 aliphatic carbocycles. The first-order valence-electron chi connectivity index (χ1n) is 6.79. The number of nitrogens with one attached hydrogen (secondary N) is 1. The third-order valence-corrected chi connectivity index (χ3v) is 3.76. The SMILES string of the molecule is CC(=O)N1CCO[C@@](C)(C(=O)NC2CCOCC2)C1. The molecule has 0 saturated carbocycles. The zero-order valence-electron chi connectivity index (χ0n) is 11.6. The summed E-state index contributed by atoms with van der Waals surface area (Å²) >= 11 is 0. The van der Waals surface area contributed by atoms with Gasteiger partial charge in [0.05, 0.1) is 13.2 Å². The van der Waals surface area contributed by atoms with E-state index in [0.717, 1.165) is 12.8 Å². The van der Waals surface area contributed by atoms with E-state index in [2.05, 4.69) is 5.32 Å². The molecule has 2 rings (SSSR count). The number of nitrogens with zero attached hydrogens (tertiary/aromatic N) is 1. The van der Waals surface area contributed by atoms with E-state index in [1.807, 2.05) is 0 Å². The summed E-state index contributed by atoms with van der Waals surface area (Å²) < 4.78 is 10.9. The highest BCUT2D eigenvalue weighted by molar-refractivity contribution is 5.86. The monoisotopic (exact) mass is 270 g/mol. The highest BCUT2D eigenvalue weighted by Crippen LogP contribution is 2.19. The van der Waals surface area contributed by atoms with Gasteiger partial charge in [0, 0.05) is 32.7 Å². The van der Waals surface area contributed by atoms with Crippen LogP contribution >= 0.6 is 0 Å². The highest BCUT2D eigenvalue weighted by atomic mass is 16.5. The molecule has 2 aliphatic rings. The molecule has 1 N–H and O–H groups in total. The fraction of sp³-hybridized carbons (Fsp3) is 0.846. The first-order chi connectivity index (χ1) is 9.01. The largest absolute Gasteiger partial charge is 0.381 e. The number of morpholine rings is 1. The maximum absolute atomic E-state index is 12.3. The van der Waals surface area contributed by atoms with Gasteiger partial charge in [-0.2, -0.15) is 0 Å². The van der Waals surface area contributed by atoms with E-state index < -0.39 is 5.60 Å². The number of carbonyl (C=O) groups excluding carboxylic acids is 2. The number of hydrogen-bond donors (Lipinski definition) is 1. The van der Waals surface area contributed by atoms with Crippen LogP contribution in [0.4, 0.5) is 0 Å². The summed E-state index contributed by atoms with van der Waals surface area (Å²) in [7, 11) is 0. The van der Waals surface area contributed by atoms with Gasteiger partial charge in [0.2, 0.25) is 5.91 Å². The van der Waals surface area contributed by atoms with Gasteiger partial charge in [-0.3, -0.25) is 9.59 Å². The summed E-state index contributed by atoms with van der Waals surface area (Å²) in [5, 5.41) is 3.01. The van der Waals surface area contributed by atoms with Crippen molar-refractivity contribution < 1.29 is 19.1 Å². The molecule has 1 atom stereocenters. The third-order valence-electron chi connectivity index (χ3n) is 3.76. The number of amides is 2. The highest BCUT2D eigenvalue weighted by Gasteiger charge is 2.40. The van der Waals surface area contributed by atoms with Crippen LogP contribution in [-0.2, 0) is 19.1 Å². The Hall–Kier alpha value is -1.14. The van der Waals surface area contributed by atoms with Crippen LogP contribution in [0.15, 0.2) is 0 Å². The van der Waals surface area contributed by atoms with Crippen molar-refractivity contribution in [2.75, 3.05) is 32.9 Å². The van der Waals surface area contributed by atoms with E-state index in [4.69, 9.17) is 9.47 Å². The first kappa shape index (κ1) is 14.3. The van der Waals surface area contributed by atoms with Crippen molar-refractivity contribution >= 4 is 11.8 Å². The summed E-state index contributed by atoms with van der Waals surface area (Å²) in [6, 6.07) is 0.148. The molecule has 2 heterocycles. The quantitative estimate of drug-likeness (QED) is 0.762. The Balaban J connectivity index is 1.94. The van der Waals surface area contributed by atoms with Gasteiger partial charge in [0.15, 0.2) is 5.60 Å². The van der Waals surface area contributed by atoms with Crippen LogP contribution in [0.25, 0.3) is 0 Å². The van der Waals surface area contributed by atoms with E-state index >= 15 is 0 Å². The molecule has 0 aromatic carbocycles. The predicted octanol–water partition coefficient (Wildman–Crippen LogP) is -0.0810. The first-order valence-corrected chi connectivity index (χ1v) is 6.79. The Bertz CT molecular complexity index is 355. The lowest BCUT2D eigenvalue weighted by Gasteiger charge is -2.39. The van der Waals surface area contributed by atoms with Crippen molar-refractivity contribution in [2.45, 2.75) is 38.3 Å². The molecule has 108 valence electrons. The van der Waals surface area contributed by atoms with Crippen LogP contribution in [0.2, 0.25) is 0 Å². The second-order valence-corrected chi connectivity index (χ2v) is 5.38. The van der Waals surface area contributed by atoms with Gasteiger partial charge in [-0.05, 0) is 19.8 Å². The Morgan fingerprint density at radius 2 is 1.95 bits per heavy atom. The molecule has 2 aliphatic heterocycles. The van der Waals surface area contributed by atoms with Gasteiger partial charge in [0.1, 0.15) is 0 Å². The molecule has 2 fully saturated rings. The number of ether oxygens (including phenoxy) is 2. The molecule has 6 nitrogen and oxygen atoms in total. The van der Waals surface area contributed by atoms with Gasteiger partial charge < -0.3 is 19.7 Å².